The van der Waals surface area contributed by atoms with E-state index in [1.165, 1.54) is 6.07 Å². The zero-order chi connectivity index (χ0) is 19.9. The topological polar surface area (TPSA) is 92.8 Å². The van der Waals surface area contributed by atoms with Crippen molar-refractivity contribution < 1.29 is 22.7 Å². The van der Waals surface area contributed by atoms with Crippen LogP contribution < -0.4 is 5.32 Å². The molecule has 0 unspecified atom stereocenters. The number of carbonyl (C=O) groups excluding carboxylic acids is 2. The van der Waals surface area contributed by atoms with E-state index in [0.29, 0.717) is 11.3 Å². The smallest absolute Gasteiger partial charge is 0.412 e. The van der Waals surface area contributed by atoms with Gasteiger partial charge in [-0.25, -0.2) is 17.5 Å². The highest BCUT2D eigenvalue weighted by Crippen LogP contribution is 2.36. The zero-order valence-electron chi connectivity index (χ0n) is 15.8. The van der Waals surface area contributed by atoms with Gasteiger partial charge in [0, 0.05) is 11.8 Å². The molecule has 0 bridgehead atoms. The highest BCUT2D eigenvalue weighted by atomic mass is 32.2. The number of hydrogen-bond donors (Lipinski definition) is 1. The third-order valence-electron chi connectivity index (χ3n) is 3.37. The standard InChI is InChI=1S/C18H24N2O5S/c1-17(2,3)20-15(21)11-14(26(20,23)24)12-8-7-9-13(10-12)19-16(22)25-18(4,5)6/h7-11H,1-6H3,(H,19,22). The van der Waals surface area contributed by atoms with Gasteiger partial charge in [0.05, 0.1) is 5.54 Å². The molecule has 0 fully saturated rings. The molecular weight excluding hydrogens is 356 g/mol. The van der Waals surface area contributed by atoms with E-state index in [2.05, 4.69) is 5.32 Å². The molecule has 0 radical (unpaired) electrons. The van der Waals surface area contributed by atoms with E-state index in [4.69, 9.17) is 4.74 Å². The van der Waals surface area contributed by atoms with Crippen LogP contribution in [0.25, 0.3) is 4.91 Å². The fourth-order valence-corrected chi connectivity index (χ4v) is 4.44. The van der Waals surface area contributed by atoms with Gasteiger partial charge >= 0.3 is 6.09 Å². The average molecular weight is 380 g/mol. The van der Waals surface area contributed by atoms with Crippen LogP contribution in [-0.2, 0) is 19.6 Å². The highest BCUT2D eigenvalue weighted by Gasteiger charge is 2.44. The molecule has 2 amide bonds. The molecular formula is C18H24N2O5S. The van der Waals surface area contributed by atoms with Crippen molar-refractivity contribution >= 4 is 32.6 Å². The number of nitrogens with zero attached hydrogens (tertiary/aromatic N) is 1. The Labute approximate surface area is 154 Å². The van der Waals surface area contributed by atoms with Crippen molar-refractivity contribution in [3.8, 4) is 0 Å². The molecule has 8 heteroatoms. The van der Waals surface area contributed by atoms with Crippen LogP contribution in [-0.4, -0.2) is 35.9 Å². The lowest BCUT2D eigenvalue weighted by molar-refractivity contribution is -0.123. The summed E-state index contributed by atoms with van der Waals surface area (Å²) in [7, 11) is -3.96. The summed E-state index contributed by atoms with van der Waals surface area (Å²) in [4.78, 5) is 24.0. The average Bonchev–Trinajstić information content (AvgIpc) is 2.65. The fraction of sp³-hybridized carbons (Fsp3) is 0.444. The highest BCUT2D eigenvalue weighted by molar-refractivity contribution is 7.99. The molecule has 26 heavy (non-hydrogen) atoms. The number of ether oxygens (including phenoxy) is 1. The minimum Gasteiger partial charge on any atom is -0.444 e. The first-order chi connectivity index (χ1) is 11.7. The van der Waals surface area contributed by atoms with Crippen molar-refractivity contribution in [2.75, 3.05) is 5.32 Å². The molecule has 1 aliphatic rings. The molecule has 0 spiro atoms. The van der Waals surface area contributed by atoms with Gasteiger partial charge in [-0.05, 0) is 59.2 Å². The second-order valence-corrected chi connectivity index (χ2v) is 9.75. The minimum atomic E-state index is -3.96. The maximum Gasteiger partial charge on any atom is 0.412 e. The Morgan fingerprint density at radius 2 is 1.73 bits per heavy atom. The predicted molar refractivity (Wildman–Crippen MR) is 99.8 cm³/mol. The molecule has 1 aliphatic heterocycles. The summed E-state index contributed by atoms with van der Waals surface area (Å²) in [5, 5.41) is 2.56. The molecule has 1 N–H and O–H groups in total. The molecule has 1 aromatic rings. The van der Waals surface area contributed by atoms with Crippen LogP contribution in [0, 0.1) is 0 Å². The van der Waals surface area contributed by atoms with Crippen LogP contribution in [0.4, 0.5) is 10.5 Å². The van der Waals surface area contributed by atoms with Gasteiger partial charge in [0.2, 0.25) is 0 Å². The monoisotopic (exact) mass is 380 g/mol. The SMILES string of the molecule is CC(C)(C)OC(=O)Nc1cccc(C2=CC(=O)N(C(C)(C)C)S2(=O)=O)c1. The molecule has 0 aromatic heterocycles. The summed E-state index contributed by atoms with van der Waals surface area (Å²) in [5.74, 6) is -0.585. The first kappa shape index (κ1) is 20.0. The molecule has 1 heterocycles. The molecule has 2 rings (SSSR count). The number of nitrogens with one attached hydrogen (secondary N) is 1. The second-order valence-electron chi connectivity index (χ2n) is 7.99. The van der Waals surface area contributed by atoms with Crippen molar-refractivity contribution in [1.29, 1.82) is 0 Å². The van der Waals surface area contributed by atoms with E-state index in [9.17, 15) is 18.0 Å². The molecule has 0 saturated carbocycles. The van der Waals surface area contributed by atoms with E-state index >= 15 is 0 Å². The van der Waals surface area contributed by atoms with Gasteiger partial charge in [0.15, 0.2) is 0 Å². The summed E-state index contributed by atoms with van der Waals surface area (Å²) in [6.45, 7) is 10.2. The van der Waals surface area contributed by atoms with Crippen LogP contribution in [0.5, 0.6) is 0 Å². The zero-order valence-corrected chi connectivity index (χ0v) is 16.6. The summed E-state index contributed by atoms with van der Waals surface area (Å²) in [6.07, 6.45) is 0.456. The Kier molecular flexibility index (Phi) is 4.93. The lowest BCUT2D eigenvalue weighted by Crippen LogP contribution is -2.45. The van der Waals surface area contributed by atoms with Crippen molar-refractivity contribution in [2.24, 2.45) is 0 Å². The number of hydrogen-bond acceptors (Lipinski definition) is 5. The molecule has 1 aromatic carbocycles. The van der Waals surface area contributed by atoms with Crippen LogP contribution >= 0.6 is 0 Å². The minimum absolute atomic E-state index is 0.0923. The molecule has 7 nitrogen and oxygen atoms in total. The van der Waals surface area contributed by atoms with Crippen LogP contribution in [0.15, 0.2) is 30.3 Å². The number of benzene rings is 1. The van der Waals surface area contributed by atoms with Gasteiger partial charge in [-0.15, -0.1) is 0 Å². The quantitative estimate of drug-likeness (QED) is 0.849. The molecule has 0 saturated heterocycles. The van der Waals surface area contributed by atoms with Crippen LogP contribution in [0.1, 0.15) is 47.1 Å². The Hall–Kier alpha value is -2.35. The van der Waals surface area contributed by atoms with Crippen LogP contribution in [0.3, 0.4) is 0 Å². The maximum absolute atomic E-state index is 12.8. The van der Waals surface area contributed by atoms with E-state index in [1.807, 2.05) is 0 Å². The van der Waals surface area contributed by atoms with E-state index in [-0.39, 0.29) is 4.91 Å². The lowest BCUT2D eigenvalue weighted by atomic mass is 10.1. The number of sulfonamides is 1. The lowest BCUT2D eigenvalue weighted by Gasteiger charge is -2.30. The number of rotatable bonds is 2. The van der Waals surface area contributed by atoms with Gasteiger partial charge in [0.1, 0.15) is 10.5 Å². The van der Waals surface area contributed by atoms with Crippen molar-refractivity contribution in [2.45, 2.75) is 52.7 Å². The summed E-state index contributed by atoms with van der Waals surface area (Å²) < 4.78 is 31.6. The Morgan fingerprint density at radius 1 is 1.12 bits per heavy atom. The Bertz CT molecular complexity index is 874. The Morgan fingerprint density at radius 3 is 2.23 bits per heavy atom. The second kappa shape index (κ2) is 6.42. The van der Waals surface area contributed by atoms with Gasteiger partial charge < -0.3 is 4.74 Å². The van der Waals surface area contributed by atoms with Gasteiger partial charge in [-0.3, -0.25) is 10.1 Å². The largest absolute Gasteiger partial charge is 0.444 e. The number of anilines is 1. The maximum atomic E-state index is 12.8. The van der Waals surface area contributed by atoms with Crippen LogP contribution in [0.2, 0.25) is 0 Å². The first-order valence-electron chi connectivity index (χ1n) is 8.13. The molecule has 0 atom stereocenters. The van der Waals surface area contributed by atoms with E-state index < -0.39 is 33.2 Å². The number of amides is 2. The fourth-order valence-electron chi connectivity index (χ4n) is 2.56. The van der Waals surface area contributed by atoms with E-state index in [0.717, 1.165) is 10.4 Å². The summed E-state index contributed by atoms with van der Waals surface area (Å²) in [5.41, 5.74) is -0.840. The van der Waals surface area contributed by atoms with Crippen molar-refractivity contribution in [3.05, 3.63) is 35.9 Å². The molecule has 142 valence electrons. The van der Waals surface area contributed by atoms with Crippen molar-refractivity contribution in [3.63, 3.8) is 0 Å². The summed E-state index contributed by atoms with van der Waals surface area (Å²) >= 11 is 0. The molecule has 0 aliphatic carbocycles. The van der Waals surface area contributed by atoms with Gasteiger partial charge in [0.25, 0.3) is 15.9 Å². The predicted octanol–water partition coefficient (Wildman–Crippen LogP) is 3.35. The number of carbonyl (C=O) groups is 2. The van der Waals surface area contributed by atoms with E-state index in [1.54, 1.807) is 59.7 Å². The third kappa shape index (κ3) is 4.24. The normalized spacial score (nSPS) is 17.1. The third-order valence-corrected chi connectivity index (χ3v) is 5.49. The Balaban J connectivity index is 2.33. The van der Waals surface area contributed by atoms with Crippen molar-refractivity contribution in [1.82, 2.24) is 4.31 Å². The van der Waals surface area contributed by atoms with Gasteiger partial charge in [-0.2, -0.15) is 0 Å². The van der Waals surface area contributed by atoms with Gasteiger partial charge in [-0.1, -0.05) is 12.1 Å². The first-order valence-corrected chi connectivity index (χ1v) is 9.57. The summed E-state index contributed by atoms with van der Waals surface area (Å²) in [6, 6.07) is 6.28.